The van der Waals surface area contributed by atoms with E-state index >= 15 is 0 Å². The molecule has 6 nitrogen and oxygen atoms in total. The number of aliphatic hydroxyl groups is 1. The summed E-state index contributed by atoms with van der Waals surface area (Å²) in [5.74, 6) is -1.20. The second-order valence-electron chi connectivity index (χ2n) is 3.13. The number of carbonyl (C=O) groups excluding carboxylic acids is 3. The quantitative estimate of drug-likeness (QED) is 0.209. The maximum Gasteiger partial charge on any atom is 0.271 e. The van der Waals surface area contributed by atoms with Crippen molar-refractivity contribution < 1.29 is 19.5 Å². The van der Waals surface area contributed by atoms with Crippen LogP contribution in [0.2, 0.25) is 0 Å². The Balaban J connectivity index is -0.000000252. The van der Waals surface area contributed by atoms with Gasteiger partial charge in [0, 0.05) is 6.92 Å². The zero-order valence-electron chi connectivity index (χ0n) is 11.3. The minimum Gasteiger partial charge on any atom is -0.510 e. The van der Waals surface area contributed by atoms with E-state index in [4.69, 9.17) is 51.7 Å². The van der Waals surface area contributed by atoms with Gasteiger partial charge in [-0.05, 0) is 18.5 Å². The fourth-order valence-corrected chi connectivity index (χ4v) is 0.658. The van der Waals surface area contributed by atoms with Gasteiger partial charge in [0.05, 0.1) is 11.8 Å². The second kappa shape index (κ2) is 16.5. The summed E-state index contributed by atoms with van der Waals surface area (Å²) in [7, 11) is 0. The molecule has 0 aliphatic heterocycles. The van der Waals surface area contributed by atoms with Crippen molar-refractivity contribution in [2.24, 2.45) is 0 Å². The van der Waals surface area contributed by atoms with Crippen LogP contribution in [-0.4, -0.2) is 40.2 Å². The van der Waals surface area contributed by atoms with Crippen molar-refractivity contribution in [3.63, 3.8) is 0 Å². The van der Waals surface area contributed by atoms with E-state index in [1.54, 1.807) is 6.07 Å². The number of hydrogen-bond acceptors (Lipinski definition) is 5. The zero-order chi connectivity index (χ0) is 17.4. The smallest absolute Gasteiger partial charge is 0.271 e. The van der Waals surface area contributed by atoms with Crippen molar-refractivity contribution in [2.45, 2.75) is 13.8 Å². The van der Waals surface area contributed by atoms with Crippen molar-refractivity contribution in [2.75, 3.05) is 18.3 Å². The molecule has 0 atom stereocenters. The Kier molecular flexibility index (Phi) is 19.1. The lowest BCUT2D eigenvalue weighted by Crippen LogP contribution is -1.99. The lowest BCUT2D eigenvalue weighted by molar-refractivity contribution is -0.115. The van der Waals surface area contributed by atoms with Crippen molar-refractivity contribution in [1.82, 2.24) is 0 Å². The summed E-state index contributed by atoms with van der Waals surface area (Å²) >= 11 is 14.7. The van der Waals surface area contributed by atoms with E-state index < -0.39 is 11.0 Å². The van der Waals surface area contributed by atoms with Crippen LogP contribution in [0.15, 0.2) is 11.3 Å². The van der Waals surface area contributed by atoms with Crippen LogP contribution < -0.4 is 0 Å². The van der Waals surface area contributed by atoms with E-state index in [-0.39, 0.29) is 35.4 Å². The highest BCUT2D eigenvalue weighted by Crippen LogP contribution is 2.02. The zero-order valence-corrected chi connectivity index (χ0v) is 13.6. The van der Waals surface area contributed by atoms with Crippen LogP contribution in [0, 0.1) is 17.9 Å². The minimum absolute atomic E-state index is 0.0278. The number of nitriles is 1. The van der Waals surface area contributed by atoms with Crippen molar-refractivity contribution in [1.29, 1.82) is 5.26 Å². The minimum atomic E-state index is -0.508. The summed E-state index contributed by atoms with van der Waals surface area (Å²) in [6.07, 6.45) is 0. The maximum absolute atomic E-state index is 10.5. The Morgan fingerprint density at radius 3 is 1.71 bits per heavy atom. The molecule has 0 aromatic rings. The van der Waals surface area contributed by atoms with Crippen LogP contribution in [0.5, 0.6) is 0 Å². The molecule has 1 N–H and O–H groups in total. The first-order valence-corrected chi connectivity index (χ1v) is 6.58. The SMILES string of the molecule is CC(=O)/C(C#N)=C(\O)CCl.O=C(Cl)CCl.[C-]#[N+]CC(C)=O. The highest BCUT2D eigenvalue weighted by atomic mass is 35.5. The molecule has 0 aliphatic carbocycles. The normalized spacial score (nSPS) is 9.29. The highest BCUT2D eigenvalue weighted by molar-refractivity contribution is 6.67. The molecule has 9 heteroatoms. The fourth-order valence-electron chi connectivity index (χ4n) is 0.525. The summed E-state index contributed by atoms with van der Waals surface area (Å²) in [5, 5.41) is 16.5. The average molecular weight is 356 g/mol. The van der Waals surface area contributed by atoms with Gasteiger partial charge in [-0.3, -0.25) is 14.4 Å². The Hall–Kier alpha value is -1.60. The molecule has 0 fully saturated rings. The van der Waals surface area contributed by atoms with Gasteiger partial charge < -0.3 is 9.95 Å². The van der Waals surface area contributed by atoms with Crippen LogP contribution >= 0.6 is 34.8 Å². The standard InChI is InChI=1S/C6H6ClNO2.C4H5NO.C2H2Cl2O/c1-4(9)5(3-8)6(10)2-7;1-4(6)3-5-2;3-1-2(4)5/h10H,2H2,1H3;3H2,1H3;1H2/b6-5-;;. The number of rotatable bonds is 4. The molecule has 0 saturated carbocycles. The number of Topliss-reactive ketones (excluding diaryl/α,β-unsaturated/α-hetero) is 2. The molecular weight excluding hydrogens is 343 g/mol. The molecule has 0 radical (unpaired) electrons. The van der Waals surface area contributed by atoms with Gasteiger partial charge in [-0.25, -0.2) is 6.57 Å². The first-order chi connectivity index (χ1) is 9.67. The van der Waals surface area contributed by atoms with Gasteiger partial charge in [0.2, 0.25) is 11.0 Å². The molecule has 0 rings (SSSR count). The Bertz CT molecular complexity index is 476. The number of nitrogens with zero attached hydrogens (tertiary/aromatic N) is 2. The van der Waals surface area contributed by atoms with E-state index in [2.05, 4.69) is 4.85 Å². The molecule has 0 spiro atoms. The van der Waals surface area contributed by atoms with Gasteiger partial charge in [0.25, 0.3) is 6.54 Å². The van der Waals surface area contributed by atoms with E-state index in [1.165, 1.54) is 13.8 Å². The molecule has 0 heterocycles. The van der Waals surface area contributed by atoms with Gasteiger partial charge in [-0.1, -0.05) is 0 Å². The molecule has 21 heavy (non-hydrogen) atoms. The number of allylic oxidation sites excluding steroid dienone is 2. The van der Waals surface area contributed by atoms with E-state index in [0.717, 1.165) is 0 Å². The largest absolute Gasteiger partial charge is 0.510 e. The first-order valence-electron chi connectivity index (χ1n) is 5.13. The molecule has 116 valence electrons. The number of aliphatic hydroxyl groups excluding tert-OH is 1. The summed E-state index contributed by atoms with van der Waals surface area (Å²) in [6, 6.07) is 1.55. The van der Waals surface area contributed by atoms with Gasteiger partial charge in [-0.2, -0.15) is 5.26 Å². The third-order valence-corrected chi connectivity index (χ3v) is 2.05. The number of ketones is 2. The summed E-state index contributed by atoms with van der Waals surface area (Å²) in [5.41, 5.74) is -0.269. The number of halogens is 3. The van der Waals surface area contributed by atoms with Gasteiger partial charge in [-0.15, -0.1) is 23.2 Å². The van der Waals surface area contributed by atoms with E-state index in [9.17, 15) is 14.4 Å². The lowest BCUT2D eigenvalue weighted by atomic mass is 10.2. The van der Waals surface area contributed by atoms with Crippen molar-refractivity contribution in [3.05, 3.63) is 22.7 Å². The predicted octanol–water partition coefficient (Wildman–Crippen LogP) is 2.64. The first kappa shape index (κ1) is 24.4. The molecule has 0 bridgehead atoms. The molecule has 0 unspecified atom stereocenters. The highest BCUT2D eigenvalue weighted by Gasteiger charge is 2.08. The van der Waals surface area contributed by atoms with E-state index in [1.807, 2.05) is 0 Å². The average Bonchev–Trinajstić information content (AvgIpc) is 2.40. The number of alkyl halides is 2. The third kappa shape index (κ3) is 20.9. The van der Waals surface area contributed by atoms with Gasteiger partial charge in [0.15, 0.2) is 5.78 Å². The molecule has 0 aromatic heterocycles. The summed E-state index contributed by atoms with van der Waals surface area (Å²) < 4.78 is 0. The van der Waals surface area contributed by atoms with Crippen LogP contribution in [0.1, 0.15) is 13.8 Å². The summed E-state index contributed by atoms with van der Waals surface area (Å²) in [6.45, 7) is 8.76. The lowest BCUT2D eigenvalue weighted by Gasteiger charge is -1.93. The maximum atomic E-state index is 10.5. The van der Waals surface area contributed by atoms with Gasteiger partial charge >= 0.3 is 0 Å². The van der Waals surface area contributed by atoms with Crippen LogP contribution in [0.25, 0.3) is 4.85 Å². The number of hydrogen-bond donors (Lipinski definition) is 1. The van der Waals surface area contributed by atoms with Gasteiger partial charge in [0.1, 0.15) is 17.4 Å². The van der Waals surface area contributed by atoms with E-state index in [0.29, 0.717) is 0 Å². The molecule has 0 aromatic carbocycles. The molecule has 0 amide bonds. The van der Waals surface area contributed by atoms with Crippen LogP contribution in [0.3, 0.4) is 0 Å². The molecule has 0 saturated heterocycles. The Labute approximate surface area is 137 Å². The predicted molar refractivity (Wildman–Crippen MR) is 80.4 cm³/mol. The van der Waals surface area contributed by atoms with Crippen LogP contribution in [0.4, 0.5) is 0 Å². The van der Waals surface area contributed by atoms with Crippen LogP contribution in [-0.2, 0) is 14.4 Å². The van der Waals surface area contributed by atoms with Crippen molar-refractivity contribution in [3.8, 4) is 6.07 Å². The molecule has 0 aliphatic rings. The fraction of sp³-hybridized carbons (Fsp3) is 0.417. The molecular formula is C12H13Cl3N2O4. The number of carbonyl (C=O) groups is 3. The van der Waals surface area contributed by atoms with Crippen molar-refractivity contribution >= 4 is 51.6 Å². The monoisotopic (exact) mass is 354 g/mol. The summed E-state index contributed by atoms with van der Waals surface area (Å²) in [4.78, 5) is 32.6. The third-order valence-electron chi connectivity index (χ3n) is 1.29. The second-order valence-corrected chi connectivity index (χ2v) is 4.09. The Morgan fingerprint density at radius 2 is 1.67 bits per heavy atom. The topological polar surface area (TPSA) is 99.6 Å². The Morgan fingerprint density at radius 1 is 1.24 bits per heavy atom.